The fourth-order valence-electron chi connectivity index (χ4n) is 1.80. The Kier molecular flexibility index (Phi) is 7.66. The highest BCUT2D eigenvalue weighted by Crippen LogP contribution is 2.11. The zero-order valence-corrected chi connectivity index (χ0v) is 11.7. The van der Waals surface area contributed by atoms with E-state index in [4.69, 9.17) is 10.5 Å². The van der Waals surface area contributed by atoms with E-state index in [1.165, 1.54) is 0 Å². The average molecular weight is 264 g/mol. The Hall–Kier alpha value is -1.55. The molecule has 1 aromatic carbocycles. The van der Waals surface area contributed by atoms with Crippen molar-refractivity contribution in [2.45, 2.75) is 32.6 Å². The monoisotopic (exact) mass is 264 g/mol. The SMILES string of the molecule is CCOc1ccc(C(=O)NCCCCCCN)cc1. The minimum Gasteiger partial charge on any atom is -0.494 e. The highest BCUT2D eigenvalue weighted by molar-refractivity contribution is 5.94. The van der Waals surface area contributed by atoms with E-state index < -0.39 is 0 Å². The molecule has 106 valence electrons. The number of ether oxygens (including phenoxy) is 1. The molecule has 4 heteroatoms. The average Bonchev–Trinajstić information content (AvgIpc) is 2.43. The fourth-order valence-corrected chi connectivity index (χ4v) is 1.80. The summed E-state index contributed by atoms with van der Waals surface area (Å²) in [5.74, 6) is 0.766. The van der Waals surface area contributed by atoms with Crippen molar-refractivity contribution in [1.29, 1.82) is 0 Å². The molecule has 1 aromatic rings. The second-order valence-corrected chi connectivity index (χ2v) is 4.42. The Morgan fingerprint density at radius 3 is 2.47 bits per heavy atom. The summed E-state index contributed by atoms with van der Waals surface area (Å²) in [5.41, 5.74) is 6.09. The van der Waals surface area contributed by atoms with Crippen molar-refractivity contribution in [2.24, 2.45) is 5.73 Å². The van der Waals surface area contributed by atoms with Crippen molar-refractivity contribution >= 4 is 5.91 Å². The van der Waals surface area contributed by atoms with Crippen LogP contribution in [0, 0.1) is 0 Å². The number of carbonyl (C=O) groups is 1. The van der Waals surface area contributed by atoms with E-state index in [1.54, 1.807) is 12.1 Å². The lowest BCUT2D eigenvalue weighted by Crippen LogP contribution is -2.24. The molecule has 0 fully saturated rings. The normalized spacial score (nSPS) is 10.2. The van der Waals surface area contributed by atoms with Gasteiger partial charge in [0.1, 0.15) is 5.75 Å². The molecule has 0 bridgehead atoms. The van der Waals surface area contributed by atoms with Crippen molar-refractivity contribution in [3.05, 3.63) is 29.8 Å². The van der Waals surface area contributed by atoms with E-state index >= 15 is 0 Å². The summed E-state index contributed by atoms with van der Waals surface area (Å²) in [7, 11) is 0. The minimum absolute atomic E-state index is 0.0260. The Morgan fingerprint density at radius 1 is 1.16 bits per heavy atom. The zero-order chi connectivity index (χ0) is 13.9. The van der Waals surface area contributed by atoms with Gasteiger partial charge < -0.3 is 15.8 Å². The maximum absolute atomic E-state index is 11.8. The first-order chi connectivity index (χ1) is 9.27. The highest BCUT2D eigenvalue weighted by atomic mass is 16.5. The molecular formula is C15H24N2O2. The third-order valence-electron chi connectivity index (χ3n) is 2.84. The maximum Gasteiger partial charge on any atom is 0.251 e. The summed E-state index contributed by atoms with van der Waals surface area (Å²) in [6.07, 6.45) is 4.31. The highest BCUT2D eigenvalue weighted by Gasteiger charge is 2.04. The maximum atomic E-state index is 11.8. The largest absolute Gasteiger partial charge is 0.494 e. The van der Waals surface area contributed by atoms with E-state index in [-0.39, 0.29) is 5.91 Å². The molecule has 4 nitrogen and oxygen atoms in total. The van der Waals surface area contributed by atoms with Crippen LogP contribution < -0.4 is 15.8 Å². The van der Waals surface area contributed by atoms with Gasteiger partial charge in [0.2, 0.25) is 0 Å². The lowest BCUT2D eigenvalue weighted by molar-refractivity contribution is 0.0953. The van der Waals surface area contributed by atoms with E-state index in [0.717, 1.165) is 44.5 Å². The van der Waals surface area contributed by atoms with E-state index in [0.29, 0.717) is 12.2 Å². The first kappa shape index (κ1) is 15.5. The number of benzene rings is 1. The van der Waals surface area contributed by atoms with Crippen LogP contribution in [0.15, 0.2) is 24.3 Å². The molecule has 0 saturated heterocycles. The van der Waals surface area contributed by atoms with Crippen LogP contribution in [0.5, 0.6) is 5.75 Å². The van der Waals surface area contributed by atoms with Crippen LogP contribution in [0.25, 0.3) is 0 Å². The molecule has 19 heavy (non-hydrogen) atoms. The molecule has 0 aliphatic heterocycles. The van der Waals surface area contributed by atoms with Crippen molar-refractivity contribution in [1.82, 2.24) is 5.32 Å². The van der Waals surface area contributed by atoms with E-state index in [9.17, 15) is 4.79 Å². The Bertz CT molecular complexity index is 363. The van der Waals surface area contributed by atoms with Gasteiger partial charge in [-0.15, -0.1) is 0 Å². The summed E-state index contributed by atoms with van der Waals surface area (Å²) in [4.78, 5) is 11.8. The lowest BCUT2D eigenvalue weighted by Gasteiger charge is -2.06. The first-order valence-corrected chi connectivity index (χ1v) is 6.99. The molecule has 1 amide bonds. The molecule has 0 aromatic heterocycles. The van der Waals surface area contributed by atoms with Gasteiger partial charge in [-0.25, -0.2) is 0 Å². The number of nitrogens with one attached hydrogen (secondary N) is 1. The molecule has 0 saturated carbocycles. The van der Waals surface area contributed by atoms with Crippen molar-refractivity contribution in [3.8, 4) is 5.75 Å². The summed E-state index contributed by atoms with van der Waals surface area (Å²) < 4.78 is 5.33. The quantitative estimate of drug-likeness (QED) is 0.673. The van der Waals surface area contributed by atoms with Gasteiger partial charge in [-0.1, -0.05) is 12.8 Å². The molecular weight excluding hydrogens is 240 g/mol. The molecule has 1 rings (SSSR count). The Balaban J connectivity index is 2.25. The second kappa shape index (κ2) is 9.39. The lowest BCUT2D eigenvalue weighted by atomic mass is 10.2. The number of hydrogen-bond donors (Lipinski definition) is 2. The standard InChI is InChI=1S/C15H24N2O2/c1-2-19-14-9-7-13(8-10-14)15(18)17-12-6-4-3-5-11-16/h7-10H,2-6,11-12,16H2,1H3,(H,17,18). The molecule has 0 aliphatic carbocycles. The van der Waals surface area contributed by atoms with Gasteiger partial charge in [0.15, 0.2) is 0 Å². The van der Waals surface area contributed by atoms with Gasteiger partial charge in [-0.05, 0) is 50.6 Å². The van der Waals surface area contributed by atoms with Crippen LogP contribution in [0.1, 0.15) is 43.0 Å². The Labute approximate surface area is 115 Å². The molecule has 0 radical (unpaired) electrons. The van der Waals surface area contributed by atoms with E-state index in [2.05, 4.69) is 5.32 Å². The number of unbranched alkanes of at least 4 members (excludes halogenated alkanes) is 3. The van der Waals surface area contributed by atoms with Gasteiger partial charge in [0.25, 0.3) is 5.91 Å². The smallest absolute Gasteiger partial charge is 0.251 e. The van der Waals surface area contributed by atoms with Crippen LogP contribution in [0.3, 0.4) is 0 Å². The van der Waals surface area contributed by atoms with Crippen LogP contribution in [-0.2, 0) is 0 Å². The third-order valence-corrected chi connectivity index (χ3v) is 2.84. The van der Waals surface area contributed by atoms with E-state index in [1.807, 2.05) is 19.1 Å². The number of nitrogens with two attached hydrogens (primary N) is 1. The molecule has 0 heterocycles. The first-order valence-electron chi connectivity index (χ1n) is 6.99. The molecule has 3 N–H and O–H groups in total. The van der Waals surface area contributed by atoms with Gasteiger partial charge in [0.05, 0.1) is 6.61 Å². The second-order valence-electron chi connectivity index (χ2n) is 4.42. The van der Waals surface area contributed by atoms with Crippen LogP contribution in [0.4, 0.5) is 0 Å². The van der Waals surface area contributed by atoms with Gasteiger partial charge in [-0.3, -0.25) is 4.79 Å². The number of carbonyl (C=O) groups excluding carboxylic acids is 1. The summed E-state index contributed by atoms with van der Waals surface area (Å²) in [6.45, 7) is 4.04. The molecule has 0 spiro atoms. The fraction of sp³-hybridized carbons (Fsp3) is 0.533. The minimum atomic E-state index is -0.0260. The molecule has 0 atom stereocenters. The summed E-state index contributed by atoms with van der Waals surface area (Å²) in [5, 5.41) is 2.92. The molecule has 0 aliphatic rings. The van der Waals surface area contributed by atoms with Crippen molar-refractivity contribution in [2.75, 3.05) is 19.7 Å². The topological polar surface area (TPSA) is 64.3 Å². The van der Waals surface area contributed by atoms with Crippen LogP contribution in [-0.4, -0.2) is 25.6 Å². The predicted octanol–water partition coefficient (Wildman–Crippen LogP) is 2.33. The summed E-state index contributed by atoms with van der Waals surface area (Å²) >= 11 is 0. The number of rotatable bonds is 9. The molecule has 0 unspecified atom stereocenters. The van der Waals surface area contributed by atoms with Gasteiger partial charge in [0, 0.05) is 12.1 Å². The van der Waals surface area contributed by atoms with Crippen LogP contribution in [0.2, 0.25) is 0 Å². The predicted molar refractivity (Wildman–Crippen MR) is 77.5 cm³/mol. The van der Waals surface area contributed by atoms with Crippen LogP contribution >= 0.6 is 0 Å². The van der Waals surface area contributed by atoms with Crippen molar-refractivity contribution in [3.63, 3.8) is 0 Å². The van der Waals surface area contributed by atoms with Gasteiger partial charge in [-0.2, -0.15) is 0 Å². The number of amides is 1. The summed E-state index contributed by atoms with van der Waals surface area (Å²) in [6, 6.07) is 7.21. The number of hydrogen-bond acceptors (Lipinski definition) is 3. The van der Waals surface area contributed by atoms with Crippen molar-refractivity contribution < 1.29 is 9.53 Å². The third kappa shape index (κ3) is 6.25. The Morgan fingerprint density at radius 2 is 1.84 bits per heavy atom. The van der Waals surface area contributed by atoms with Gasteiger partial charge >= 0.3 is 0 Å². The zero-order valence-electron chi connectivity index (χ0n) is 11.7.